The number of hydrogen-bond donors (Lipinski definition) is 1. The van der Waals surface area contributed by atoms with Gasteiger partial charge in [0.1, 0.15) is 23.9 Å². The van der Waals surface area contributed by atoms with E-state index in [4.69, 9.17) is 9.15 Å². The van der Waals surface area contributed by atoms with Crippen molar-refractivity contribution in [2.24, 2.45) is 0 Å². The summed E-state index contributed by atoms with van der Waals surface area (Å²) in [6, 6.07) is 12.8. The van der Waals surface area contributed by atoms with Gasteiger partial charge in [-0.3, -0.25) is 0 Å². The lowest BCUT2D eigenvalue weighted by atomic mass is 10.2. The van der Waals surface area contributed by atoms with Crippen molar-refractivity contribution >= 4 is 0 Å². The lowest BCUT2D eigenvalue weighted by Crippen LogP contribution is -2.14. The first-order valence-corrected chi connectivity index (χ1v) is 6.80. The van der Waals surface area contributed by atoms with Crippen molar-refractivity contribution in [1.82, 2.24) is 5.32 Å². The van der Waals surface area contributed by atoms with E-state index >= 15 is 0 Å². The van der Waals surface area contributed by atoms with Gasteiger partial charge in [-0.15, -0.1) is 0 Å². The Balaban J connectivity index is 1.50. The summed E-state index contributed by atoms with van der Waals surface area (Å²) in [4.78, 5) is 0. The fourth-order valence-corrected chi connectivity index (χ4v) is 1.92. The zero-order valence-electron chi connectivity index (χ0n) is 11.2. The van der Waals surface area contributed by atoms with Crippen LogP contribution < -0.4 is 10.1 Å². The number of rotatable bonds is 6. The molecule has 1 aliphatic carbocycles. The molecule has 1 aromatic carbocycles. The van der Waals surface area contributed by atoms with E-state index in [1.54, 1.807) is 0 Å². The summed E-state index contributed by atoms with van der Waals surface area (Å²) >= 11 is 0. The zero-order valence-corrected chi connectivity index (χ0v) is 11.2. The summed E-state index contributed by atoms with van der Waals surface area (Å²) < 4.78 is 11.4. The van der Waals surface area contributed by atoms with Crippen LogP contribution in [0, 0.1) is 6.92 Å². The predicted octanol–water partition coefficient (Wildman–Crippen LogP) is 3.42. The van der Waals surface area contributed by atoms with Crippen LogP contribution in [0.15, 0.2) is 40.8 Å². The van der Waals surface area contributed by atoms with Crippen LogP contribution in [-0.4, -0.2) is 6.04 Å². The van der Waals surface area contributed by atoms with Crippen molar-refractivity contribution in [3.63, 3.8) is 0 Å². The van der Waals surface area contributed by atoms with Gasteiger partial charge in [0.2, 0.25) is 0 Å². The van der Waals surface area contributed by atoms with Gasteiger partial charge >= 0.3 is 0 Å². The Labute approximate surface area is 113 Å². The molecule has 0 unspecified atom stereocenters. The molecule has 1 fully saturated rings. The summed E-state index contributed by atoms with van der Waals surface area (Å²) in [6.45, 7) is 3.36. The number of hydrogen-bond acceptors (Lipinski definition) is 3. The van der Waals surface area contributed by atoms with Gasteiger partial charge in [-0.2, -0.15) is 0 Å². The van der Waals surface area contributed by atoms with Crippen LogP contribution in [0.3, 0.4) is 0 Å². The quantitative estimate of drug-likeness (QED) is 0.861. The smallest absolute Gasteiger partial charge is 0.146 e. The number of ether oxygens (including phenoxy) is 1. The maximum absolute atomic E-state index is 5.72. The Bertz CT molecular complexity index is 526. The average Bonchev–Trinajstić information content (AvgIpc) is 3.15. The average molecular weight is 257 g/mol. The molecule has 0 aliphatic heterocycles. The van der Waals surface area contributed by atoms with E-state index in [0.29, 0.717) is 12.6 Å². The molecule has 3 nitrogen and oxygen atoms in total. The van der Waals surface area contributed by atoms with Crippen LogP contribution in [0.5, 0.6) is 5.75 Å². The fourth-order valence-electron chi connectivity index (χ4n) is 1.92. The molecule has 0 atom stereocenters. The molecule has 1 aliphatic rings. The van der Waals surface area contributed by atoms with Gasteiger partial charge in [0.05, 0.1) is 6.54 Å². The zero-order chi connectivity index (χ0) is 13.1. The number of aryl methyl sites for hydroxylation is 1. The molecule has 1 saturated carbocycles. The van der Waals surface area contributed by atoms with E-state index in [2.05, 4.69) is 12.2 Å². The number of furan rings is 1. The van der Waals surface area contributed by atoms with Gasteiger partial charge in [0.15, 0.2) is 0 Å². The molecular formula is C16H19NO2. The summed E-state index contributed by atoms with van der Waals surface area (Å²) in [5.41, 5.74) is 1.23. The molecule has 1 heterocycles. The molecule has 3 heteroatoms. The molecule has 0 bridgehead atoms. The first kappa shape index (κ1) is 12.3. The van der Waals surface area contributed by atoms with E-state index in [-0.39, 0.29) is 0 Å². The molecule has 0 spiro atoms. The summed E-state index contributed by atoms with van der Waals surface area (Å²) in [5.74, 6) is 2.72. The minimum absolute atomic E-state index is 0.479. The molecule has 0 amide bonds. The summed E-state index contributed by atoms with van der Waals surface area (Å²) in [7, 11) is 0. The third kappa shape index (κ3) is 3.61. The molecule has 1 aromatic heterocycles. The van der Waals surface area contributed by atoms with Crippen LogP contribution in [0.4, 0.5) is 0 Å². The van der Waals surface area contributed by atoms with E-state index in [0.717, 1.165) is 23.8 Å². The third-order valence-corrected chi connectivity index (χ3v) is 3.26. The van der Waals surface area contributed by atoms with E-state index in [1.165, 1.54) is 18.4 Å². The highest BCUT2D eigenvalue weighted by Crippen LogP contribution is 2.20. The van der Waals surface area contributed by atoms with Crippen molar-refractivity contribution in [1.29, 1.82) is 0 Å². The van der Waals surface area contributed by atoms with Crippen LogP contribution in [-0.2, 0) is 13.2 Å². The Morgan fingerprint density at radius 1 is 1.11 bits per heavy atom. The van der Waals surface area contributed by atoms with Crippen LogP contribution in [0.2, 0.25) is 0 Å². The predicted molar refractivity (Wildman–Crippen MR) is 74.1 cm³/mol. The van der Waals surface area contributed by atoms with Gasteiger partial charge in [-0.05, 0) is 44.0 Å². The second kappa shape index (κ2) is 5.49. The second-order valence-electron chi connectivity index (χ2n) is 5.12. The van der Waals surface area contributed by atoms with Crippen LogP contribution in [0.25, 0.3) is 0 Å². The Kier molecular flexibility index (Phi) is 3.56. The molecule has 19 heavy (non-hydrogen) atoms. The minimum atomic E-state index is 0.479. The van der Waals surface area contributed by atoms with Gasteiger partial charge in [0, 0.05) is 6.04 Å². The van der Waals surface area contributed by atoms with Crippen molar-refractivity contribution in [2.75, 3.05) is 0 Å². The van der Waals surface area contributed by atoms with Gasteiger partial charge in [0.25, 0.3) is 0 Å². The van der Waals surface area contributed by atoms with Crippen molar-refractivity contribution in [3.05, 3.63) is 53.5 Å². The highest BCUT2D eigenvalue weighted by atomic mass is 16.5. The second-order valence-corrected chi connectivity index (χ2v) is 5.12. The van der Waals surface area contributed by atoms with E-state index in [9.17, 15) is 0 Å². The Morgan fingerprint density at radius 3 is 2.58 bits per heavy atom. The molecule has 1 N–H and O–H groups in total. The molecule has 2 aromatic rings. The molecular weight excluding hydrogens is 238 g/mol. The Morgan fingerprint density at radius 2 is 1.84 bits per heavy atom. The third-order valence-electron chi connectivity index (χ3n) is 3.26. The Hall–Kier alpha value is -1.74. The van der Waals surface area contributed by atoms with Crippen LogP contribution in [0.1, 0.15) is 29.9 Å². The largest absolute Gasteiger partial charge is 0.486 e. The normalized spacial score (nSPS) is 14.6. The molecule has 3 rings (SSSR count). The topological polar surface area (TPSA) is 34.4 Å². The van der Waals surface area contributed by atoms with Gasteiger partial charge in [-0.25, -0.2) is 0 Å². The van der Waals surface area contributed by atoms with Crippen molar-refractivity contribution < 1.29 is 9.15 Å². The van der Waals surface area contributed by atoms with Crippen molar-refractivity contribution in [2.45, 2.75) is 39.0 Å². The highest BCUT2D eigenvalue weighted by Gasteiger charge is 2.20. The van der Waals surface area contributed by atoms with Crippen molar-refractivity contribution in [3.8, 4) is 5.75 Å². The van der Waals surface area contributed by atoms with E-state index < -0.39 is 0 Å². The molecule has 0 saturated heterocycles. The van der Waals surface area contributed by atoms with Gasteiger partial charge in [-0.1, -0.05) is 17.7 Å². The molecule has 0 radical (unpaired) electrons. The SMILES string of the molecule is Cc1ccc(OCc2ccc(CNC3CC3)o2)cc1. The fraction of sp³-hybridized carbons (Fsp3) is 0.375. The standard InChI is InChI=1S/C16H19NO2/c1-12-2-6-14(7-3-12)18-11-16-9-8-15(19-16)10-17-13-4-5-13/h2-3,6-9,13,17H,4-5,10-11H2,1H3. The maximum atomic E-state index is 5.72. The summed E-state index contributed by atoms with van der Waals surface area (Å²) in [5, 5.41) is 3.43. The van der Waals surface area contributed by atoms with Gasteiger partial charge < -0.3 is 14.5 Å². The number of benzene rings is 1. The first-order valence-electron chi connectivity index (χ1n) is 6.80. The first-order chi connectivity index (χ1) is 9.29. The van der Waals surface area contributed by atoms with Crippen LogP contribution >= 0.6 is 0 Å². The lowest BCUT2D eigenvalue weighted by molar-refractivity contribution is 0.265. The monoisotopic (exact) mass is 257 g/mol. The minimum Gasteiger partial charge on any atom is -0.486 e. The lowest BCUT2D eigenvalue weighted by Gasteiger charge is -2.04. The number of nitrogens with one attached hydrogen (secondary N) is 1. The maximum Gasteiger partial charge on any atom is 0.146 e. The molecule has 100 valence electrons. The van der Waals surface area contributed by atoms with E-state index in [1.807, 2.05) is 36.4 Å². The highest BCUT2D eigenvalue weighted by molar-refractivity contribution is 5.26. The summed E-state index contributed by atoms with van der Waals surface area (Å²) in [6.07, 6.45) is 2.59.